The summed E-state index contributed by atoms with van der Waals surface area (Å²) in [5, 5.41) is 0.655. The van der Waals surface area contributed by atoms with Crippen molar-refractivity contribution in [3.8, 4) is 11.5 Å². The highest BCUT2D eigenvalue weighted by Crippen LogP contribution is 2.24. The summed E-state index contributed by atoms with van der Waals surface area (Å²) in [6.45, 7) is 0.342. The molecule has 2 aromatic carbocycles. The third kappa shape index (κ3) is 3.48. The topological polar surface area (TPSA) is 35.5 Å². The van der Waals surface area contributed by atoms with Crippen molar-refractivity contribution >= 4 is 17.9 Å². The molecule has 0 N–H and O–H groups in total. The molecule has 0 saturated heterocycles. The second-order valence-electron chi connectivity index (χ2n) is 3.94. The van der Waals surface area contributed by atoms with Crippen molar-refractivity contribution in [1.29, 1.82) is 0 Å². The minimum atomic E-state index is 0.342. The Hall–Kier alpha value is -2.00. The Labute approximate surface area is 116 Å². The molecule has 98 valence electrons. The fourth-order valence-electron chi connectivity index (χ4n) is 1.65. The van der Waals surface area contributed by atoms with E-state index in [1.807, 2.05) is 18.2 Å². The summed E-state index contributed by atoms with van der Waals surface area (Å²) in [5.74, 6) is 1.14. The van der Waals surface area contributed by atoms with Crippen molar-refractivity contribution in [2.75, 3.05) is 7.11 Å². The Morgan fingerprint density at radius 3 is 2.74 bits per heavy atom. The first-order valence-corrected chi connectivity index (χ1v) is 6.11. The van der Waals surface area contributed by atoms with Crippen LogP contribution in [-0.4, -0.2) is 13.4 Å². The molecular weight excluding hydrogens is 264 g/mol. The van der Waals surface area contributed by atoms with Crippen LogP contribution in [0.4, 0.5) is 0 Å². The molecule has 0 spiro atoms. The standard InChI is InChI=1S/C15H13ClO3/c1-18-14-6-5-12(9-17)15(8-14)19-10-11-3-2-4-13(16)7-11/h2-9H,10H2,1H3. The van der Waals surface area contributed by atoms with Crippen molar-refractivity contribution in [2.45, 2.75) is 6.61 Å². The second-order valence-corrected chi connectivity index (χ2v) is 4.38. The lowest BCUT2D eigenvalue weighted by Gasteiger charge is -2.10. The maximum absolute atomic E-state index is 11.0. The summed E-state index contributed by atoms with van der Waals surface area (Å²) < 4.78 is 10.8. The van der Waals surface area contributed by atoms with E-state index in [1.165, 1.54) is 0 Å². The van der Waals surface area contributed by atoms with Gasteiger partial charge in [-0.25, -0.2) is 0 Å². The zero-order chi connectivity index (χ0) is 13.7. The van der Waals surface area contributed by atoms with Crippen molar-refractivity contribution in [2.24, 2.45) is 0 Å². The van der Waals surface area contributed by atoms with E-state index < -0.39 is 0 Å². The highest BCUT2D eigenvalue weighted by molar-refractivity contribution is 6.30. The number of carbonyl (C=O) groups is 1. The lowest BCUT2D eigenvalue weighted by atomic mass is 10.2. The van der Waals surface area contributed by atoms with E-state index >= 15 is 0 Å². The average Bonchev–Trinajstić information content (AvgIpc) is 2.45. The molecule has 0 amide bonds. The summed E-state index contributed by atoms with van der Waals surface area (Å²) >= 11 is 5.90. The van der Waals surface area contributed by atoms with Gasteiger partial charge in [0, 0.05) is 11.1 Å². The van der Waals surface area contributed by atoms with Crippen molar-refractivity contribution in [3.63, 3.8) is 0 Å². The summed E-state index contributed by atoms with van der Waals surface area (Å²) in [4.78, 5) is 11.0. The molecule has 0 aliphatic carbocycles. The average molecular weight is 277 g/mol. The summed E-state index contributed by atoms with van der Waals surface area (Å²) in [6, 6.07) is 12.5. The zero-order valence-corrected chi connectivity index (χ0v) is 11.2. The maximum atomic E-state index is 11.0. The number of rotatable bonds is 5. The first-order chi connectivity index (χ1) is 9.22. The van der Waals surface area contributed by atoms with Gasteiger partial charge < -0.3 is 9.47 Å². The first kappa shape index (κ1) is 13.4. The largest absolute Gasteiger partial charge is 0.497 e. The number of methoxy groups -OCH3 is 1. The number of hydrogen-bond acceptors (Lipinski definition) is 3. The molecule has 0 aliphatic rings. The van der Waals surface area contributed by atoms with Gasteiger partial charge in [-0.2, -0.15) is 0 Å². The Morgan fingerprint density at radius 2 is 2.05 bits per heavy atom. The molecule has 0 atom stereocenters. The number of ether oxygens (including phenoxy) is 2. The predicted octanol–water partition coefficient (Wildman–Crippen LogP) is 3.74. The minimum absolute atomic E-state index is 0.342. The molecule has 4 heteroatoms. The molecule has 0 fully saturated rings. The molecule has 2 aromatic rings. The van der Waals surface area contributed by atoms with Gasteiger partial charge in [0.1, 0.15) is 18.1 Å². The normalized spacial score (nSPS) is 10.0. The molecule has 0 saturated carbocycles. The van der Waals surface area contributed by atoms with E-state index in [0.29, 0.717) is 28.7 Å². The third-order valence-corrected chi connectivity index (χ3v) is 2.87. The van der Waals surface area contributed by atoms with E-state index in [2.05, 4.69) is 0 Å². The molecule has 0 bridgehead atoms. The van der Waals surface area contributed by atoms with Gasteiger partial charge in [0.15, 0.2) is 6.29 Å². The molecule has 2 rings (SSSR count). The Bertz CT molecular complexity index is 581. The third-order valence-electron chi connectivity index (χ3n) is 2.63. The van der Waals surface area contributed by atoms with Gasteiger partial charge >= 0.3 is 0 Å². The van der Waals surface area contributed by atoms with E-state index in [9.17, 15) is 4.79 Å². The number of aldehydes is 1. The first-order valence-electron chi connectivity index (χ1n) is 5.73. The van der Waals surface area contributed by atoms with Gasteiger partial charge in [-0.3, -0.25) is 4.79 Å². The quantitative estimate of drug-likeness (QED) is 0.781. The van der Waals surface area contributed by atoms with Crippen LogP contribution in [0.15, 0.2) is 42.5 Å². The van der Waals surface area contributed by atoms with Crippen molar-refractivity contribution in [3.05, 3.63) is 58.6 Å². The highest BCUT2D eigenvalue weighted by atomic mass is 35.5. The number of benzene rings is 2. The lowest BCUT2D eigenvalue weighted by molar-refractivity contribution is 0.111. The Balaban J connectivity index is 2.16. The Morgan fingerprint density at radius 1 is 1.21 bits per heavy atom. The van der Waals surface area contributed by atoms with Crippen LogP contribution in [0.3, 0.4) is 0 Å². The number of halogens is 1. The van der Waals surface area contributed by atoms with E-state index in [-0.39, 0.29) is 0 Å². The maximum Gasteiger partial charge on any atom is 0.153 e. The van der Waals surface area contributed by atoms with Gasteiger partial charge in [0.2, 0.25) is 0 Å². The van der Waals surface area contributed by atoms with Gasteiger partial charge in [-0.15, -0.1) is 0 Å². The summed E-state index contributed by atoms with van der Waals surface area (Å²) in [7, 11) is 1.57. The van der Waals surface area contributed by atoms with Crippen LogP contribution in [0.5, 0.6) is 11.5 Å². The van der Waals surface area contributed by atoms with Gasteiger partial charge in [0.25, 0.3) is 0 Å². The second kappa shape index (κ2) is 6.25. The van der Waals surface area contributed by atoms with Gasteiger partial charge in [-0.1, -0.05) is 23.7 Å². The van der Waals surface area contributed by atoms with E-state index in [1.54, 1.807) is 31.4 Å². The van der Waals surface area contributed by atoms with Crippen LogP contribution in [0.1, 0.15) is 15.9 Å². The smallest absolute Gasteiger partial charge is 0.153 e. The lowest BCUT2D eigenvalue weighted by Crippen LogP contribution is -1.99. The van der Waals surface area contributed by atoms with Crippen LogP contribution < -0.4 is 9.47 Å². The predicted molar refractivity (Wildman–Crippen MR) is 74.2 cm³/mol. The number of hydrogen-bond donors (Lipinski definition) is 0. The van der Waals surface area contributed by atoms with Crippen molar-refractivity contribution < 1.29 is 14.3 Å². The van der Waals surface area contributed by atoms with Crippen LogP contribution in [-0.2, 0) is 6.61 Å². The van der Waals surface area contributed by atoms with Crippen molar-refractivity contribution in [1.82, 2.24) is 0 Å². The van der Waals surface area contributed by atoms with E-state index in [0.717, 1.165) is 11.8 Å². The van der Waals surface area contributed by atoms with Crippen LogP contribution in [0, 0.1) is 0 Å². The summed E-state index contributed by atoms with van der Waals surface area (Å²) in [5.41, 5.74) is 1.43. The fourth-order valence-corrected chi connectivity index (χ4v) is 1.86. The Kier molecular flexibility index (Phi) is 4.42. The summed E-state index contributed by atoms with van der Waals surface area (Å²) in [6.07, 6.45) is 0.757. The SMILES string of the molecule is COc1ccc(C=O)c(OCc2cccc(Cl)c2)c1. The molecule has 0 aliphatic heterocycles. The molecule has 0 radical (unpaired) electrons. The zero-order valence-electron chi connectivity index (χ0n) is 10.4. The van der Waals surface area contributed by atoms with Crippen LogP contribution in [0.25, 0.3) is 0 Å². The van der Waals surface area contributed by atoms with Crippen LogP contribution >= 0.6 is 11.6 Å². The minimum Gasteiger partial charge on any atom is -0.497 e. The van der Waals surface area contributed by atoms with Gasteiger partial charge in [-0.05, 0) is 29.8 Å². The van der Waals surface area contributed by atoms with Crippen LogP contribution in [0.2, 0.25) is 5.02 Å². The molecule has 0 heterocycles. The highest BCUT2D eigenvalue weighted by Gasteiger charge is 2.05. The number of carbonyl (C=O) groups excluding carboxylic acids is 1. The molecule has 0 unspecified atom stereocenters. The molecule has 19 heavy (non-hydrogen) atoms. The molecular formula is C15H13ClO3. The monoisotopic (exact) mass is 276 g/mol. The molecule has 0 aromatic heterocycles. The fraction of sp³-hybridized carbons (Fsp3) is 0.133. The van der Waals surface area contributed by atoms with Gasteiger partial charge in [0.05, 0.1) is 12.7 Å². The molecule has 3 nitrogen and oxygen atoms in total. The van der Waals surface area contributed by atoms with E-state index in [4.69, 9.17) is 21.1 Å².